The summed E-state index contributed by atoms with van der Waals surface area (Å²) in [6, 6.07) is 10.4. The van der Waals surface area contributed by atoms with Crippen molar-refractivity contribution < 1.29 is 19.1 Å². The van der Waals surface area contributed by atoms with Gasteiger partial charge in [0.25, 0.3) is 0 Å². The summed E-state index contributed by atoms with van der Waals surface area (Å²) in [5.74, 6) is 0.284. The number of aromatic nitrogens is 1. The summed E-state index contributed by atoms with van der Waals surface area (Å²) in [6.45, 7) is 1.92. The van der Waals surface area contributed by atoms with Gasteiger partial charge < -0.3 is 14.5 Å². The molecule has 0 bridgehead atoms. The summed E-state index contributed by atoms with van der Waals surface area (Å²) in [4.78, 5) is 27.5. The van der Waals surface area contributed by atoms with E-state index in [0.29, 0.717) is 28.1 Å². The van der Waals surface area contributed by atoms with Crippen molar-refractivity contribution in [1.82, 2.24) is 4.98 Å². The Hall–Kier alpha value is -2.79. The topological polar surface area (TPSA) is 68.4 Å². The lowest BCUT2D eigenvalue weighted by molar-refractivity contribution is -0.131. The molecule has 0 fully saturated rings. The number of carbonyl (C=O) groups is 2. The highest BCUT2D eigenvalue weighted by atomic mass is 35.5. The molecule has 0 radical (unpaired) electrons. The number of halogens is 1. The highest BCUT2D eigenvalue weighted by molar-refractivity contribution is 6.31. The maximum Gasteiger partial charge on any atom is 0.308 e. The fraction of sp³-hybridized carbons (Fsp3) is 0.158. The van der Waals surface area contributed by atoms with Crippen molar-refractivity contribution >= 4 is 34.3 Å². The smallest absolute Gasteiger partial charge is 0.308 e. The van der Waals surface area contributed by atoms with Crippen LogP contribution in [0.1, 0.15) is 28.5 Å². The van der Waals surface area contributed by atoms with Crippen LogP contribution in [0.3, 0.4) is 0 Å². The van der Waals surface area contributed by atoms with Gasteiger partial charge in [0.2, 0.25) is 5.78 Å². The minimum Gasteiger partial charge on any atom is -0.493 e. The molecule has 2 heterocycles. The van der Waals surface area contributed by atoms with Gasteiger partial charge in [0.05, 0.1) is 12.1 Å². The first-order chi connectivity index (χ1) is 12.0. The molecule has 0 saturated carbocycles. The first-order valence-electron chi connectivity index (χ1n) is 7.83. The standard InChI is InChI=1S/C19H14ClNO4/c1-10(22)25-19-14-4-3-13(20)9-15(14)21-17(19)18(23)12-2-5-16-11(8-12)6-7-24-16/h2-5,8-9,21H,6-7H2,1H3. The van der Waals surface area contributed by atoms with Crippen molar-refractivity contribution in [2.24, 2.45) is 0 Å². The van der Waals surface area contributed by atoms with Crippen molar-refractivity contribution in [3.05, 3.63) is 58.2 Å². The van der Waals surface area contributed by atoms with Gasteiger partial charge in [0.15, 0.2) is 5.75 Å². The number of H-pyrrole nitrogens is 1. The van der Waals surface area contributed by atoms with E-state index in [2.05, 4.69) is 4.98 Å². The number of carbonyl (C=O) groups excluding carboxylic acids is 2. The van der Waals surface area contributed by atoms with Crippen LogP contribution in [0.4, 0.5) is 0 Å². The molecular weight excluding hydrogens is 342 g/mol. The second kappa shape index (κ2) is 5.93. The molecule has 0 saturated heterocycles. The lowest BCUT2D eigenvalue weighted by atomic mass is 10.0. The van der Waals surface area contributed by atoms with E-state index >= 15 is 0 Å². The number of nitrogens with one attached hydrogen (secondary N) is 1. The quantitative estimate of drug-likeness (QED) is 0.571. The summed E-state index contributed by atoms with van der Waals surface area (Å²) in [6.07, 6.45) is 0.773. The van der Waals surface area contributed by atoms with Crippen molar-refractivity contribution in [3.63, 3.8) is 0 Å². The molecule has 0 unspecified atom stereocenters. The van der Waals surface area contributed by atoms with E-state index in [9.17, 15) is 9.59 Å². The molecule has 0 aliphatic carbocycles. The monoisotopic (exact) mass is 355 g/mol. The van der Waals surface area contributed by atoms with E-state index in [0.717, 1.165) is 17.7 Å². The second-order valence-electron chi connectivity index (χ2n) is 5.86. The molecule has 3 aromatic rings. The van der Waals surface area contributed by atoms with Gasteiger partial charge in [0, 0.05) is 29.3 Å². The zero-order valence-electron chi connectivity index (χ0n) is 13.4. The van der Waals surface area contributed by atoms with Gasteiger partial charge in [-0.1, -0.05) is 11.6 Å². The third-order valence-electron chi connectivity index (χ3n) is 4.14. The van der Waals surface area contributed by atoms with Crippen LogP contribution in [0.25, 0.3) is 10.9 Å². The van der Waals surface area contributed by atoms with Gasteiger partial charge in [-0.3, -0.25) is 9.59 Å². The van der Waals surface area contributed by atoms with Gasteiger partial charge in [-0.15, -0.1) is 0 Å². The fourth-order valence-corrected chi connectivity index (χ4v) is 3.20. The summed E-state index contributed by atoms with van der Waals surface area (Å²) >= 11 is 6.02. The first kappa shape index (κ1) is 15.7. The van der Waals surface area contributed by atoms with Crippen LogP contribution in [-0.2, 0) is 11.2 Å². The number of aromatic amines is 1. The maximum atomic E-state index is 13.0. The van der Waals surface area contributed by atoms with E-state index in [1.54, 1.807) is 30.3 Å². The molecule has 6 heteroatoms. The minimum atomic E-state index is -0.493. The zero-order valence-corrected chi connectivity index (χ0v) is 14.1. The molecule has 25 heavy (non-hydrogen) atoms. The van der Waals surface area contributed by atoms with E-state index in [1.807, 2.05) is 6.07 Å². The number of ketones is 1. The second-order valence-corrected chi connectivity index (χ2v) is 6.30. The number of benzene rings is 2. The Bertz CT molecular complexity index is 1020. The van der Waals surface area contributed by atoms with Crippen LogP contribution in [-0.4, -0.2) is 23.3 Å². The Kier molecular flexibility index (Phi) is 3.73. The molecule has 1 N–H and O–H groups in total. The van der Waals surface area contributed by atoms with Gasteiger partial charge in [-0.25, -0.2) is 0 Å². The average molecular weight is 356 g/mol. The van der Waals surface area contributed by atoms with E-state index < -0.39 is 5.97 Å². The number of fused-ring (bicyclic) bond motifs is 2. The number of esters is 1. The Labute approximate surface area is 148 Å². The Morgan fingerprint density at radius 3 is 2.84 bits per heavy atom. The number of hydrogen-bond donors (Lipinski definition) is 1. The van der Waals surface area contributed by atoms with Gasteiger partial charge in [-0.05, 0) is 42.0 Å². The molecule has 0 amide bonds. The average Bonchev–Trinajstić information content (AvgIpc) is 3.17. The van der Waals surface area contributed by atoms with Gasteiger partial charge in [0.1, 0.15) is 11.4 Å². The summed E-state index contributed by atoms with van der Waals surface area (Å²) in [5.41, 5.74) is 2.37. The van der Waals surface area contributed by atoms with Crippen molar-refractivity contribution in [2.75, 3.05) is 6.61 Å². The molecule has 4 rings (SSSR count). The van der Waals surface area contributed by atoms with E-state index in [1.165, 1.54) is 6.92 Å². The molecule has 1 aliphatic rings. The lowest BCUT2D eigenvalue weighted by Gasteiger charge is -2.05. The Morgan fingerprint density at radius 2 is 2.04 bits per heavy atom. The van der Waals surface area contributed by atoms with Crippen LogP contribution in [0, 0.1) is 0 Å². The SMILES string of the molecule is CC(=O)Oc1c(C(=O)c2ccc3c(c2)CCO3)[nH]c2cc(Cl)ccc12. The van der Waals surface area contributed by atoms with Crippen molar-refractivity contribution in [1.29, 1.82) is 0 Å². The van der Waals surface area contributed by atoms with Crippen molar-refractivity contribution in [3.8, 4) is 11.5 Å². The third-order valence-corrected chi connectivity index (χ3v) is 4.37. The van der Waals surface area contributed by atoms with E-state index in [-0.39, 0.29) is 17.2 Å². The zero-order chi connectivity index (χ0) is 17.6. The fourth-order valence-electron chi connectivity index (χ4n) is 3.03. The molecule has 0 atom stereocenters. The summed E-state index contributed by atoms with van der Waals surface area (Å²) < 4.78 is 10.8. The molecular formula is C19H14ClNO4. The Balaban J connectivity index is 1.84. The Morgan fingerprint density at radius 1 is 1.20 bits per heavy atom. The summed E-state index contributed by atoms with van der Waals surface area (Å²) in [7, 11) is 0. The predicted molar refractivity (Wildman–Crippen MR) is 93.7 cm³/mol. The predicted octanol–water partition coefficient (Wildman–Crippen LogP) is 3.91. The number of rotatable bonds is 3. The van der Waals surface area contributed by atoms with Crippen LogP contribution < -0.4 is 9.47 Å². The molecule has 0 spiro atoms. The molecule has 126 valence electrons. The highest BCUT2D eigenvalue weighted by Crippen LogP contribution is 2.34. The third kappa shape index (κ3) is 2.76. The normalized spacial score (nSPS) is 12.7. The number of ether oxygens (including phenoxy) is 2. The number of hydrogen-bond acceptors (Lipinski definition) is 4. The van der Waals surface area contributed by atoms with Crippen molar-refractivity contribution in [2.45, 2.75) is 13.3 Å². The first-order valence-corrected chi connectivity index (χ1v) is 8.21. The maximum absolute atomic E-state index is 13.0. The molecule has 1 aliphatic heterocycles. The van der Waals surface area contributed by atoms with Crippen LogP contribution >= 0.6 is 11.6 Å². The van der Waals surface area contributed by atoms with Crippen LogP contribution in [0.2, 0.25) is 5.02 Å². The molecule has 5 nitrogen and oxygen atoms in total. The largest absolute Gasteiger partial charge is 0.493 e. The summed E-state index contributed by atoms with van der Waals surface area (Å²) in [5, 5.41) is 1.16. The van der Waals surface area contributed by atoms with Gasteiger partial charge in [-0.2, -0.15) is 0 Å². The minimum absolute atomic E-state index is 0.223. The van der Waals surface area contributed by atoms with Gasteiger partial charge >= 0.3 is 5.97 Å². The van der Waals surface area contributed by atoms with E-state index in [4.69, 9.17) is 21.1 Å². The molecule has 2 aromatic carbocycles. The lowest BCUT2D eigenvalue weighted by Crippen LogP contribution is -2.08. The van der Waals surface area contributed by atoms with Crippen LogP contribution in [0.5, 0.6) is 11.5 Å². The van der Waals surface area contributed by atoms with Crippen LogP contribution in [0.15, 0.2) is 36.4 Å². The highest BCUT2D eigenvalue weighted by Gasteiger charge is 2.23. The molecule has 1 aromatic heterocycles.